The number of hydrogen-bond acceptors (Lipinski definition) is 6. The fourth-order valence-corrected chi connectivity index (χ4v) is 2.64. The van der Waals surface area contributed by atoms with E-state index in [2.05, 4.69) is 20.0 Å². The highest BCUT2D eigenvalue weighted by molar-refractivity contribution is 5.49. The van der Waals surface area contributed by atoms with Gasteiger partial charge in [-0.15, -0.1) is 13.2 Å². The molecule has 0 radical (unpaired) electrons. The van der Waals surface area contributed by atoms with Gasteiger partial charge in [0.1, 0.15) is 17.6 Å². The van der Waals surface area contributed by atoms with Crippen LogP contribution in [0.5, 0.6) is 11.5 Å². The van der Waals surface area contributed by atoms with E-state index in [1.165, 1.54) is 25.4 Å². The van der Waals surface area contributed by atoms with Crippen LogP contribution < -0.4 is 14.8 Å². The molecule has 2 aromatic rings. The van der Waals surface area contributed by atoms with E-state index in [-0.39, 0.29) is 29.7 Å². The maximum absolute atomic E-state index is 12.4. The van der Waals surface area contributed by atoms with Gasteiger partial charge in [0.25, 0.3) is 0 Å². The van der Waals surface area contributed by atoms with E-state index in [1.54, 1.807) is 0 Å². The second kappa shape index (κ2) is 9.26. The monoisotopic (exact) mass is 394 g/mol. The lowest BCUT2D eigenvalue weighted by molar-refractivity contribution is -0.274. The summed E-state index contributed by atoms with van der Waals surface area (Å²) in [7, 11) is 1.35. The van der Waals surface area contributed by atoms with Crippen LogP contribution in [-0.2, 0) is 6.42 Å². The molecule has 2 rings (SSSR count). The Kier molecular flexibility index (Phi) is 7.04. The van der Waals surface area contributed by atoms with Gasteiger partial charge in [-0.05, 0) is 18.9 Å². The third-order valence-electron chi connectivity index (χ3n) is 4.12. The second-order valence-corrected chi connectivity index (χ2v) is 6.03. The summed E-state index contributed by atoms with van der Waals surface area (Å²) < 4.78 is 46.2. The number of hydrogen-bond donors (Lipinski definition) is 1. The molecular formula is C19H21F3N4O2. The minimum absolute atomic E-state index is 0.167. The van der Waals surface area contributed by atoms with Gasteiger partial charge in [-0.1, -0.05) is 19.9 Å². The zero-order valence-electron chi connectivity index (χ0n) is 15.8. The van der Waals surface area contributed by atoms with Gasteiger partial charge in [-0.25, -0.2) is 9.97 Å². The fourth-order valence-electron chi connectivity index (χ4n) is 2.64. The average molecular weight is 394 g/mol. The van der Waals surface area contributed by atoms with Gasteiger partial charge in [0.05, 0.1) is 19.0 Å². The van der Waals surface area contributed by atoms with E-state index in [1.807, 2.05) is 19.9 Å². The molecule has 0 aliphatic carbocycles. The number of nitrogens with one attached hydrogen (secondary N) is 1. The molecule has 0 saturated heterocycles. The Morgan fingerprint density at radius 3 is 2.54 bits per heavy atom. The number of methoxy groups -OCH3 is 1. The molecule has 1 heterocycles. The second-order valence-electron chi connectivity index (χ2n) is 6.03. The van der Waals surface area contributed by atoms with E-state index in [0.717, 1.165) is 18.9 Å². The van der Waals surface area contributed by atoms with Crippen LogP contribution in [0.3, 0.4) is 0 Å². The molecule has 0 unspecified atom stereocenters. The molecule has 0 aliphatic heterocycles. The summed E-state index contributed by atoms with van der Waals surface area (Å²) in [4.78, 5) is 8.60. The Labute approximate surface area is 161 Å². The highest BCUT2D eigenvalue weighted by Crippen LogP contribution is 2.30. The SMILES string of the molecule is CCC(CC)Nc1ncc(Cc2ccc(OC(F)(F)F)cc2OC)nc1C#N. The normalized spacial score (nSPS) is 11.2. The largest absolute Gasteiger partial charge is 0.573 e. The fraction of sp³-hybridized carbons (Fsp3) is 0.421. The Morgan fingerprint density at radius 1 is 1.25 bits per heavy atom. The van der Waals surface area contributed by atoms with Gasteiger partial charge in [-0.3, -0.25) is 0 Å². The van der Waals surface area contributed by atoms with Crippen molar-refractivity contribution in [2.75, 3.05) is 12.4 Å². The smallest absolute Gasteiger partial charge is 0.496 e. The van der Waals surface area contributed by atoms with Crippen LogP contribution >= 0.6 is 0 Å². The van der Waals surface area contributed by atoms with Crippen molar-refractivity contribution >= 4 is 5.82 Å². The number of nitriles is 1. The van der Waals surface area contributed by atoms with Crippen molar-refractivity contribution in [3.63, 3.8) is 0 Å². The number of anilines is 1. The van der Waals surface area contributed by atoms with Gasteiger partial charge in [0.2, 0.25) is 0 Å². The first-order valence-electron chi connectivity index (χ1n) is 8.74. The zero-order chi connectivity index (χ0) is 20.7. The number of benzene rings is 1. The Bertz CT molecular complexity index is 846. The van der Waals surface area contributed by atoms with Gasteiger partial charge >= 0.3 is 6.36 Å². The summed E-state index contributed by atoms with van der Waals surface area (Å²) >= 11 is 0. The summed E-state index contributed by atoms with van der Waals surface area (Å²) in [5, 5.41) is 12.6. The molecule has 0 amide bonds. The van der Waals surface area contributed by atoms with Crippen LogP contribution in [-0.4, -0.2) is 29.5 Å². The van der Waals surface area contributed by atoms with Gasteiger partial charge in [0, 0.05) is 24.1 Å². The molecule has 0 fully saturated rings. The lowest BCUT2D eigenvalue weighted by Crippen LogP contribution is -2.19. The molecule has 0 bridgehead atoms. The van der Waals surface area contributed by atoms with Crippen LogP contribution in [0.1, 0.15) is 43.6 Å². The molecule has 150 valence electrons. The predicted octanol–water partition coefficient (Wildman–Crippen LogP) is 4.45. The van der Waals surface area contributed by atoms with E-state index < -0.39 is 6.36 Å². The van der Waals surface area contributed by atoms with Gasteiger partial charge in [0.15, 0.2) is 11.5 Å². The summed E-state index contributed by atoms with van der Waals surface area (Å²) in [5.41, 5.74) is 1.26. The van der Waals surface area contributed by atoms with Crippen LogP contribution in [0.25, 0.3) is 0 Å². The molecule has 0 aliphatic rings. The third-order valence-corrected chi connectivity index (χ3v) is 4.12. The van der Waals surface area contributed by atoms with Gasteiger partial charge < -0.3 is 14.8 Å². The number of ether oxygens (including phenoxy) is 2. The van der Waals surface area contributed by atoms with Crippen molar-refractivity contribution in [2.24, 2.45) is 0 Å². The van der Waals surface area contributed by atoms with Crippen LogP contribution in [0.15, 0.2) is 24.4 Å². The van der Waals surface area contributed by atoms with E-state index in [4.69, 9.17) is 4.74 Å². The quantitative estimate of drug-likeness (QED) is 0.713. The topological polar surface area (TPSA) is 80.1 Å². The maximum Gasteiger partial charge on any atom is 0.573 e. The molecule has 1 aromatic carbocycles. The van der Waals surface area contributed by atoms with Crippen LogP contribution in [0.2, 0.25) is 0 Å². The highest BCUT2D eigenvalue weighted by atomic mass is 19.4. The minimum Gasteiger partial charge on any atom is -0.496 e. The lowest BCUT2D eigenvalue weighted by Gasteiger charge is -2.16. The maximum atomic E-state index is 12.4. The molecule has 1 N–H and O–H groups in total. The van der Waals surface area contributed by atoms with Crippen molar-refractivity contribution in [2.45, 2.75) is 45.5 Å². The minimum atomic E-state index is -4.78. The summed E-state index contributed by atoms with van der Waals surface area (Å²) in [6.45, 7) is 4.07. The zero-order valence-corrected chi connectivity index (χ0v) is 15.8. The van der Waals surface area contributed by atoms with E-state index in [0.29, 0.717) is 17.1 Å². The Hall–Kier alpha value is -3.02. The number of rotatable bonds is 8. The van der Waals surface area contributed by atoms with Gasteiger partial charge in [-0.2, -0.15) is 5.26 Å². The summed E-state index contributed by atoms with van der Waals surface area (Å²) in [6.07, 6.45) is -1.24. The van der Waals surface area contributed by atoms with Crippen molar-refractivity contribution < 1.29 is 22.6 Å². The average Bonchev–Trinajstić information content (AvgIpc) is 2.66. The van der Waals surface area contributed by atoms with Crippen LogP contribution in [0.4, 0.5) is 19.0 Å². The standard InChI is InChI=1S/C19H21F3N4O2/c1-4-13(5-2)26-18-16(10-23)25-14(11-24-18)8-12-6-7-15(9-17(12)27-3)28-19(20,21)22/h6-7,9,11,13H,4-5,8H2,1-3H3,(H,24,26). The van der Waals surface area contributed by atoms with Crippen molar-refractivity contribution in [3.05, 3.63) is 41.3 Å². The summed E-state index contributed by atoms with van der Waals surface area (Å²) in [5.74, 6) is 0.267. The molecule has 0 spiro atoms. The third kappa shape index (κ3) is 5.74. The first-order valence-corrected chi connectivity index (χ1v) is 8.74. The van der Waals surface area contributed by atoms with E-state index in [9.17, 15) is 18.4 Å². The number of aromatic nitrogens is 2. The molecule has 6 nitrogen and oxygen atoms in total. The molecule has 1 aromatic heterocycles. The van der Waals surface area contributed by atoms with E-state index >= 15 is 0 Å². The van der Waals surface area contributed by atoms with Crippen molar-refractivity contribution in [1.82, 2.24) is 9.97 Å². The predicted molar refractivity (Wildman–Crippen MR) is 97.2 cm³/mol. The molecule has 0 saturated carbocycles. The molecular weight excluding hydrogens is 373 g/mol. The number of nitrogens with zero attached hydrogens (tertiary/aromatic N) is 3. The summed E-state index contributed by atoms with van der Waals surface area (Å²) in [6, 6.07) is 6.04. The Morgan fingerprint density at radius 2 is 1.96 bits per heavy atom. The van der Waals surface area contributed by atoms with Crippen molar-refractivity contribution in [1.29, 1.82) is 5.26 Å². The number of alkyl halides is 3. The molecule has 28 heavy (non-hydrogen) atoms. The Balaban J connectivity index is 2.24. The molecule has 0 atom stereocenters. The first-order chi connectivity index (χ1) is 13.3. The molecule has 9 heteroatoms. The first kappa shape index (κ1) is 21.3. The lowest BCUT2D eigenvalue weighted by atomic mass is 10.1. The van der Waals surface area contributed by atoms with Crippen molar-refractivity contribution in [3.8, 4) is 17.6 Å². The number of halogens is 3. The van der Waals surface area contributed by atoms with Crippen LogP contribution in [0, 0.1) is 11.3 Å². The highest BCUT2D eigenvalue weighted by Gasteiger charge is 2.31.